The fraction of sp³-hybridized carbons (Fsp3) is 0.409. The number of unbranched alkanes of at least 4 members (excludes halogenated alkanes) is 2. The second-order valence-electron chi connectivity index (χ2n) is 16.5. The molecule has 0 aliphatic carbocycles. The lowest BCUT2D eigenvalue weighted by atomic mass is 9.79. The van der Waals surface area contributed by atoms with Crippen molar-refractivity contribution in [2.24, 2.45) is 0 Å². The van der Waals surface area contributed by atoms with Crippen molar-refractivity contribution in [1.82, 2.24) is 5.06 Å². The average Bonchev–Trinajstić information content (AvgIpc) is 3.76. The minimum atomic E-state index is -4.93. The summed E-state index contributed by atoms with van der Waals surface area (Å²) in [6.45, 7) is 9.73. The lowest BCUT2D eigenvalue weighted by molar-refractivity contribution is -0.777. The van der Waals surface area contributed by atoms with Crippen LogP contribution in [-0.2, 0) is 69.1 Å². The lowest BCUT2D eigenvalue weighted by Gasteiger charge is -2.27. The predicted octanol–water partition coefficient (Wildman–Crippen LogP) is 4.88. The molecule has 3 aliphatic heterocycles. The first-order valence-electron chi connectivity index (χ1n) is 20.6. The second-order valence-corrected chi connectivity index (χ2v) is 20.0. The van der Waals surface area contributed by atoms with Gasteiger partial charge in [-0.15, -0.1) is 5.06 Å². The van der Waals surface area contributed by atoms with E-state index >= 15 is 0 Å². The quantitative estimate of drug-likeness (QED) is 0.0202. The van der Waals surface area contributed by atoms with Gasteiger partial charge in [-0.3, -0.25) is 14.6 Å². The summed E-state index contributed by atoms with van der Waals surface area (Å²) in [5.74, 6) is -1.79. The Labute approximate surface area is 381 Å². The molecule has 1 fully saturated rings. The number of amides is 2. The highest BCUT2D eigenvalue weighted by atomic mass is 32.2. The molecule has 2 amide bonds. The topological polar surface area (TPSA) is 244 Å². The van der Waals surface area contributed by atoms with E-state index in [1.165, 1.54) is 18.2 Å². The standard InChI is InChI=1S/C44H51N3O15S3/c1-43(2)33-27-29(64(52,53)54)15-17-34(33)45(21-11-7-10-14-41(50)60-47-39(48)19-20-40(47)49)37(43)12-8-6-9-13-38-44(3,4)42-32-26-30(65(55,56)57)28-36(63-62-61-51)31(32)16-18-35(42)46(38)22-23-59-25-24-58-5/h6,8-9,12-13,15-18,26-28H,7,10-11,14,19-25H2,1-5H3,(H2-,51,52,53,54,55,56,57)/p-2. The molecule has 21 heteroatoms. The Balaban J connectivity index is 1.29. The Kier molecular flexibility index (Phi) is 15.6. The van der Waals surface area contributed by atoms with Crippen LogP contribution in [0.4, 0.5) is 11.4 Å². The Morgan fingerprint density at radius 2 is 1.57 bits per heavy atom. The van der Waals surface area contributed by atoms with E-state index in [9.17, 15) is 45.6 Å². The third-order valence-electron chi connectivity index (χ3n) is 11.6. The zero-order valence-electron chi connectivity index (χ0n) is 36.4. The summed E-state index contributed by atoms with van der Waals surface area (Å²) in [6.07, 6.45) is 10.9. The number of imide groups is 1. The number of ether oxygens (including phenoxy) is 2. The minimum absolute atomic E-state index is 0.00116. The molecule has 0 saturated carbocycles. The molecular formula is C44H49N3O15S3-2. The van der Waals surface area contributed by atoms with Crippen LogP contribution in [0.3, 0.4) is 0 Å². The van der Waals surface area contributed by atoms with Crippen LogP contribution in [0.2, 0.25) is 0 Å². The summed E-state index contributed by atoms with van der Waals surface area (Å²) >= 11 is 0.488. The monoisotopic (exact) mass is 955 g/mol. The number of rotatable bonds is 21. The maximum atomic E-state index is 12.4. The molecule has 3 aliphatic rings. The number of carbonyl (C=O) groups is 3. The molecule has 0 atom stereocenters. The van der Waals surface area contributed by atoms with Crippen LogP contribution in [0.25, 0.3) is 10.8 Å². The molecule has 350 valence electrons. The predicted molar refractivity (Wildman–Crippen MR) is 232 cm³/mol. The van der Waals surface area contributed by atoms with E-state index in [0.29, 0.717) is 85.6 Å². The maximum absolute atomic E-state index is 12.4. The maximum Gasteiger partial charge on any atom is 0.333 e. The van der Waals surface area contributed by atoms with Crippen LogP contribution in [0.5, 0.6) is 0 Å². The van der Waals surface area contributed by atoms with Gasteiger partial charge in [-0.1, -0.05) is 38.5 Å². The minimum Gasteiger partial charge on any atom is -0.744 e. The zero-order chi connectivity index (χ0) is 47.3. The van der Waals surface area contributed by atoms with Crippen molar-refractivity contribution in [1.29, 1.82) is 0 Å². The lowest BCUT2D eigenvalue weighted by Crippen LogP contribution is -2.32. The van der Waals surface area contributed by atoms with E-state index in [1.807, 2.05) is 69.0 Å². The van der Waals surface area contributed by atoms with Gasteiger partial charge < -0.3 is 33.6 Å². The second kappa shape index (κ2) is 20.4. The third-order valence-corrected chi connectivity index (χ3v) is 13.9. The number of nitrogens with zero attached hydrogens (tertiary/aromatic N) is 3. The van der Waals surface area contributed by atoms with Crippen molar-refractivity contribution in [2.45, 2.75) is 91.7 Å². The van der Waals surface area contributed by atoms with Gasteiger partial charge in [0.15, 0.2) is 12.3 Å². The molecule has 0 bridgehead atoms. The number of anilines is 1. The first kappa shape index (κ1) is 49.6. The van der Waals surface area contributed by atoms with E-state index in [4.69, 9.17) is 14.3 Å². The molecule has 3 aromatic rings. The van der Waals surface area contributed by atoms with Gasteiger partial charge in [0.2, 0.25) is 5.69 Å². The smallest absolute Gasteiger partial charge is 0.333 e. The fourth-order valence-electron chi connectivity index (χ4n) is 8.47. The molecule has 0 aromatic heterocycles. The van der Waals surface area contributed by atoms with E-state index in [1.54, 1.807) is 19.2 Å². The van der Waals surface area contributed by atoms with E-state index < -0.39 is 53.7 Å². The number of hydroxylamine groups is 2. The Morgan fingerprint density at radius 1 is 0.846 bits per heavy atom. The SMILES string of the molecule is COCCOCC[N+]1=C(/C=C/C=C/C=C2/N(CCCCCC(=O)ON3C(=O)CCC3=O)c3ccc(S(=O)(=O)[O-])cc3C2(C)C)C(C)(C)c2c1ccc1c(SOO[O-])cc(S(=O)(=O)[O-])cc21. The van der Waals surface area contributed by atoms with Crippen molar-refractivity contribution < 1.29 is 73.8 Å². The van der Waals surface area contributed by atoms with Gasteiger partial charge in [0.1, 0.15) is 26.8 Å². The van der Waals surface area contributed by atoms with E-state index in [0.717, 1.165) is 34.4 Å². The van der Waals surface area contributed by atoms with E-state index in [2.05, 4.69) is 13.9 Å². The number of methoxy groups -OCH3 is 1. The first-order chi connectivity index (χ1) is 30.7. The summed E-state index contributed by atoms with van der Waals surface area (Å²) in [4.78, 5) is 42.4. The van der Waals surface area contributed by atoms with Gasteiger partial charge in [0.25, 0.3) is 11.8 Å². The molecule has 3 aromatic carbocycles. The van der Waals surface area contributed by atoms with Crippen LogP contribution < -0.4 is 10.2 Å². The number of fused-ring (bicyclic) bond motifs is 4. The largest absolute Gasteiger partial charge is 0.744 e. The van der Waals surface area contributed by atoms with Gasteiger partial charge >= 0.3 is 5.97 Å². The fourth-order valence-corrected chi connectivity index (χ4v) is 10.1. The normalized spacial score (nSPS) is 17.8. The highest BCUT2D eigenvalue weighted by Crippen LogP contribution is 2.49. The Morgan fingerprint density at radius 3 is 2.25 bits per heavy atom. The molecular weight excluding hydrogens is 907 g/mol. The zero-order valence-corrected chi connectivity index (χ0v) is 38.8. The van der Waals surface area contributed by atoms with Gasteiger partial charge in [-0.25, -0.2) is 21.6 Å². The van der Waals surface area contributed by atoms with Gasteiger partial charge in [0, 0.05) is 72.3 Å². The summed E-state index contributed by atoms with van der Waals surface area (Å²) in [7, 11) is -8.10. The van der Waals surface area contributed by atoms with Crippen LogP contribution in [0, 0.1) is 0 Å². The summed E-state index contributed by atoms with van der Waals surface area (Å²) < 4.78 is 90.7. The summed E-state index contributed by atoms with van der Waals surface area (Å²) in [5, 5.41) is 15.8. The van der Waals surface area contributed by atoms with Crippen LogP contribution in [0.15, 0.2) is 93.2 Å². The van der Waals surface area contributed by atoms with Gasteiger partial charge in [-0.2, -0.15) is 8.91 Å². The van der Waals surface area contributed by atoms with Crippen LogP contribution in [-0.4, -0.2) is 99.1 Å². The molecule has 1 saturated heterocycles. The van der Waals surface area contributed by atoms with E-state index in [-0.39, 0.29) is 29.1 Å². The Bertz CT molecular complexity index is 2690. The van der Waals surface area contributed by atoms with Crippen molar-refractivity contribution in [2.75, 3.05) is 44.9 Å². The van der Waals surface area contributed by atoms with Gasteiger partial charge in [0.05, 0.1) is 40.5 Å². The molecule has 0 spiro atoms. The van der Waals surface area contributed by atoms with Gasteiger partial charge in [-0.05, 0) is 85.5 Å². The number of allylic oxidation sites excluding steroid dienone is 6. The molecule has 0 N–H and O–H groups in total. The van der Waals surface area contributed by atoms with Crippen molar-refractivity contribution in [3.8, 4) is 0 Å². The highest BCUT2D eigenvalue weighted by molar-refractivity contribution is 7.94. The summed E-state index contributed by atoms with van der Waals surface area (Å²) in [6, 6.07) is 10.4. The average molecular weight is 956 g/mol. The molecule has 0 unspecified atom stereocenters. The number of hydrogen-bond donors (Lipinski definition) is 0. The summed E-state index contributed by atoms with van der Waals surface area (Å²) in [5.41, 5.74) is 2.95. The molecule has 6 rings (SSSR count). The first-order valence-corrected chi connectivity index (χ1v) is 24.2. The number of carbonyl (C=O) groups excluding carboxylic acids is 3. The highest BCUT2D eigenvalue weighted by Gasteiger charge is 2.46. The molecule has 3 heterocycles. The molecule has 65 heavy (non-hydrogen) atoms. The van der Waals surface area contributed by atoms with Crippen LogP contribution >= 0.6 is 12.0 Å². The van der Waals surface area contributed by atoms with Crippen molar-refractivity contribution >= 4 is 77.9 Å². The van der Waals surface area contributed by atoms with Crippen molar-refractivity contribution in [3.05, 3.63) is 89.7 Å². The number of benzene rings is 3. The number of hydrogen-bond acceptors (Lipinski definition) is 17. The third kappa shape index (κ3) is 10.9. The van der Waals surface area contributed by atoms with Crippen LogP contribution in [0.1, 0.15) is 77.3 Å². The Hall–Kier alpha value is -4.81. The molecule has 18 nitrogen and oxygen atoms in total. The molecule has 0 radical (unpaired) electrons. The van der Waals surface area contributed by atoms with Crippen molar-refractivity contribution in [3.63, 3.8) is 0 Å².